The first-order valence-corrected chi connectivity index (χ1v) is 54.6. The fraction of sp³-hybridized carbons (Fsp3) is 0.0145. The Morgan fingerprint density at radius 2 is 0.497 bits per heavy atom. The summed E-state index contributed by atoms with van der Waals surface area (Å²) in [5.41, 5.74) is 31.2. The molecule has 0 spiro atoms. The minimum atomic E-state index is -1.41. The summed E-state index contributed by atoms with van der Waals surface area (Å²) in [5.74, 6) is 0. The minimum absolute atomic E-state index is 0.194. The molecule has 0 radical (unpaired) electrons. The van der Waals surface area contributed by atoms with Crippen LogP contribution < -0.4 is 5.46 Å². The number of hydrogen-bond acceptors (Lipinski definition) is 2. The topological polar surface area (TPSA) is 40.5 Å². The Labute approximate surface area is 922 Å². The number of fused-ring (bicyclic) bond motifs is 8. The molecular formula is C138H103BBrCl2I3O2. The van der Waals surface area contributed by atoms with E-state index in [0.29, 0.717) is 5.46 Å². The Hall–Kier alpha value is -14.4. The van der Waals surface area contributed by atoms with Crippen LogP contribution >= 0.6 is 107 Å². The van der Waals surface area contributed by atoms with Crippen molar-refractivity contribution < 1.29 is 10.0 Å². The van der Waals surface area contributed by atoms with E-state index in [4.69, 9.17) is 33.2 Å². The van der Waals surface area contributed by atoms with Gasteiger partial charge in [-0.25, -0.2) is 0 Å². The van der Waals surface area contributed by atoms with Crippen LogP contribution in [0, 0.1) is 3.57 Å². The van der Waals surface area contributed by atoms with Gasteiger partial charge in [0.2, 0.25) is 0 Å². The summed E-state index contributed by atoms with van der Waals surface area (Å²) in [7, 11) is -1.41. The highest BCUT2D eigenvalue weighted by molar-refractivity contribution is 14.2. The van der Waals surface area contributed by atoms with Crippen LogP contribution in [0.25, 0.3) is 205 Å². The molecule has 712 valence electrons. The molecule has 0 amide bonds. The predicted molar refractivity (Wildman–Crippen MR) is 669 cm³/mol. The predicted octanol–water partition coefficient (Wildman–Crippen LogP) is 40.5. The van der Waals surface area contributed by atoms with Crippen molar-refractivity contribution in [1.82, 2.24) is 0 Å². The van der Waals surface area contributed by atoms with Crippen molar-refractivity contribution in [3.63, 3.8) is 0 Å². The quantitative estimate of drug-likeness (QED) is 0.0353. The number of rotatable bonds is 15. The van der Waals surface area contributed by atoms with Crippen LogP contribution in [0.1, 0.15) is 16.7 Å². The normalized spacial score (nSPS) is 10.6. The van der Waals surface area contributed by atoms with Gasteiger partial charge >= 0.3 is 7.12 Å². The van der Waals surface area contributed by atoms with Crippen LogP contribution in [-0.2, 0) is 0 Å². The van der Waals surface area contributed by atoms with Gasteiger partial charge in [0.1, 0.15) is 0 Å². The molecule has 147 heavy (non-hydrogen) atoms. The maximum absolute atomic E-state index is 9.08. The Morgan fingerprint density at radius 3 is 0.925 bits per heavy atom. The third-order valence-corrected chi connectivity index (χ3v) is 27.4. The van der Waals surface area contributed by atoms with Crippen LogP contribution in [0.5, 0.6) is 0 Å². The molecule has 24 aromatic carbocycles. The zero-order chi connectivity index (χ0) is 101. The van der Waals surface area contributed by atoms with Crippen molar-refractivity contribution in [1.29, 1.82) is 0 Å². The molecule has 24 rings (SSSR count). The molecule has 0 saturated carbocycles. The largest absolute Gasteiger partial charge is 0.488 e. The Balaban J connectivity index is 0.000000125. The smallest absolute Gasteiger partial charge is 0.423 e. The van der Waals surface area contributed by atoms with Crippen LogP contribution in [0.4, 0.5) is 0 Å². The molecule has 0 aromatic heterocycles. The maximum Gasteiger partial charge on any atom is 0.488 e. The van der Waals surface area contributed by atoms with E-state index in [1.165, 1.54) is 199 Å². The van der Waals surface area contributed by atoms with Gasteiger partial charge in [-0.15, -0.1) is 23.2 Å². The summed E-state index contributed by atoms with van der Waals surface area (Å²) >= 11 is 20.2. The summed E-state index contributed by atoms with van der Waals surface area (Å²) < 4.78 is 3.63. The van der Waals surface area contributed by atoms with Crippen LogP contribution in [0.2, 0.25) is 0 Å². The van der Waals surface area contributed by atoms with Crippen LogP contribution in [0.15, 0.2) is 569 Å². The molecule has 0 aliphatic rings. The monoisotopic (exact) mass is 2330 g/mol. The lowest BCUT2D eigenvalue weighted by molar-refractivity contribution is 0.426. The molecule has 0 aliphatic carbocycles. The van der Waals surface area contributed by atoms with Gasteiger partial charge in [-0.1, -0.05) is 614 Å². The fourth-order valence-electron chi connectivity index (χ4n) is 18.4. The van der Waals surface area contributed by atoms with Gasteiger partial charge < -0.3 is 10.0 Å². The van der Waals surface area contributed by atoms with Crippen molar-refractivity contribution >= 4 is 202 Å². The molecule has 0 aliphatic heterocycles. The number of alkyl halides is 4. The van der Waals surface area contributed by atoms with E-state index in [0.717, 1.165) is 15.6 Å². The van der Waals surface area contributed by atoms with Gasteiger partial charge in [0.15, 0.2) is 0 Å². The molecular weight excluding hydrogens is 2230 g/mol. The minimum Gasteiger partial charge on any atom is -0.423 e. The van der Waals surface area contributed by atoms with Gasteiger partial charge in [0.25, 0.3) is 0 Å². The molecule has 0 fully saturated rings. The molecule has 9 heteroatoms. The van der Waals surface area contributed by atoms with E-state index in [-0.39, 0.29) is 5.34 Å². The first kappa shape index (κ1) is 104. The van der Waals surface area contributed by atoms with Crippen molar-refractivity contribution in [2.24, 2.45) is 0 Å². The van der Waals surface area contributed by atoms with E-state index in [9.17, 15) is 0 Å². The SMILES string of the molecule is Brc1ccccc1-c1ccc(-c2ccccc2)cc1.C(=Cc1ccccc1-c1ccc(-c2ccccc2)cc1)c1ccccc1.C=Cc1ccccc1.ClCCl.ICI.Ic1c(-c2ccccc2)c2cc(-c3ccccc3)ccc2c2ccccc12.OB(O)c1ccc(-c2ccc3ccccc3c2)cc1.c1ccc(-c2ccc3c(c2)c(-c2ccccc2)c(-c2ccc(-c4ccc5ccccc5c4)cc2)c2ccccc23)cc1. The van der Waals surface area contributed by atoms with Crippen molar-refractivity contribution in [2.45, 2.75) is 0 Å². The average Bonchev–Trinajstić information content (AvgIpc) is 0.708. The fourth-order valence-corrected chi connectivity index (χ4v) is 19.9. The average molecular weight is 2340 g/mol. The van der Waals surface area contributed by atoms with Gasteiger partial charge in [-0.2, -0.15) is 0 Å². The molecule has 0 unspecified atom stereocenters. The maximum atomic E-state index is 9.08. The van der Waals surface area contributed by atoms with E-state index in [1.807, 2.05) is 84.9 Å². The second-order valence-electron chi connectivity index (χ2n) is 34.7. The van der Waals surface area contributed by atoms with Crippen molar-refractivity contribution in [3.8, 4) is 122 Å². The Morgan fingerprint density at radius 1 is 0.231 bits per heavy atom. The van der Waals surface area contributed by atoms with Crippen LogP contribution in [0.3, 0.4) is 0 Å². The molecule has 2 nitrogen and oxygen atoms in total. The second kappa shape index (κ2) is 53.1. The summed E-state index contributed by atoms with van der Waals surface area (Å²) in [6.07, 6.45) is 6.19. The highest BCUT2D eigenvalue weighted by Crippen LogP contribution is 2.48. The van der Waals surface area contributed by atoms with Crippen molar-refractivity contribution in [3.05, 3.63) is 589 Å². The second-order valence-corrected chi connectivity index (χ2v) is 41.9. The van der Waals surface area contributed by atoms with Gasteiger partial charge in [-0.05, 0) is 257 Å². The van der Waals surface area contributed by atoms with E-state index >= 15 is 0 Å². The highest BCUT2D eigenvalue weighted by atomic mass is 127. The Bertz CT molecular complexity index is 8450. The molecule has 2 N–H and O–H groups in total. The standard InChI is InChI=1S/C42H28.C26H17I.C26H20.C18H13Br.C16H13BO2.C8H8.CH2Cl2.CH2I2/c1-3-11-29(12-4-1)36-25-26-38-37-17-9-10-18-39(37)41(42(40(38)28-36)32-14-5-2-6-15-32)33-22-19-31(20-23-33)35-24-21-30-13-7-8-16-34(30)27-35;27-26-23-14-8-7-13-21(23)22-16-15-20(18-9-3-1-4-10-18)17-24(22)25(26)19-11-5-2-6-12-19;1-3-9-21(10-4-1)15-16-24-13-7-8-14-26(24)25-19-17-23(18-20-25)22-11-5-2-6-12-22;19-18-9-5-4-8-17(18)16-12-10-15(11-13-16)14-6-2-1-3-7-14;18-17(19)16-9-7-13(8-10-16)15-6-5-12-3-1-2-4-14(12)11-15;1-2-8-6-4-3-5-7-8;2*2-1-3/h1-28H;1-17H;1-20H;1-13H;1-11,18-19H;2-7H,1H2;2*1H2. The lowest BCUT2D eigenvalue weighted by Gasteiger charge is -2.19. The van der Waals surface area contributed by atoms with Crippen molar-refractivity contribution in [2.75, 3.05) is 7.77 Å². The summed E-state index contributed by atoms with van der Waals surface area (Å²) in [6, 6.07) is 196. The van der Waals surface area contributed by atoms with E-state index in [1.54, 1.807) is 12.1 Å². The molecule has 0 saturated heterocycles. The Kier molecular flexibility index (Phi) is 37.5. The lowest BCUT2D eigenvalue weighted by Crippen LogP contribution is -2.29. The lowest BCUT2D eigenvalue weighted by atomic mass is 9.80. The summed E-state index contributed by atoms with van der Waals surface area (Å²) in [5, 5.41) is 33.7. The van der Waals surface area contributed by atoms with Gasteiger partial charge in [-0.3, -0.25) is 0 Å². The van der Waals surface area contributed by atoms with Gasteiger partial charge in [0, 0.05) is 13.6 Å². The molecule has 24 aromatic rings. The zero-order valence-electron chi connectivity index (χ0n) is 80.7. The van der Waals surface area contributed by atoms with Gasteiger partial charge in [0.05, 0.1) is 7.77 Å². The summed E-state index contributed by atoms with van der Waals surface area (Å²) in [4.78, 5) is 0. The number of halogens is 6. The molecule has 0 bridgehead atoms. The first-order valence-electron chi connectivity index (χ1n) is 48.6. The molecule has 0 atom stereocenters. The van der Waals surface area contributed by atoms with Crippen LogP contribution in [-0.4, -0.2) is 24.9 Å². The van der Waals surface area contributed by atoms with E-state index in [2.05, 4.69) is 570 Å². The first-order chi connectivity index (χ1) is 72.4. The third kappa shape index (κ3) is 26.9. The number of hydrogen-bond donors (Lipinski definition) is 2. The number of benzene rings is 24. The van der Waals surface area contributed by atoms with E-state index < -0.39 is 7.12 Å². The zero-order valence-corrected chi connectivity index (χ0v) is 90.3. The summed E-state index contributed by atoms with van der Waals surface area (Å²) in [6.45, 7) is 3.63. The highest BCUT2D eigenvalue weighted by Gasteiger charge is 2.21. The molecule has 0 heterocycles. The third-order valence-electron chi connectivity index (χ3n) is 25.6.